The molecule has 18 heavy (non-hydrogen) atoms. The lowest BCUT2D eigenvalue weighted by atomic mass is 10.2. The van der Waals surface area contributed by atoms with Crippen LogP contribution in [-0.4, -0.2) is 18.5 Å². The Bertz CT molecular complexity index is 407. The summed E-state index contributed by atoms with van der Waals surface area (Å²) >= 11 is 6.11. The van der Waals surface area contributed by atoms with Gasteiger partial charge in [-0.2, -0.15) is 0 Å². The van der Waals surface area contributed by atoms with Gasteiger partial charge in [0.25, 0.3) is 0 Å². The molecule has 100 valence electrons. The number of halogens is 1. The Morgan fingerprint density at radius 2 is 2.17 bits per heavy atom. The van der Waals surface area contributed by atoms with E-state index in [1.54, 1.807) is 0 Å². The molecule has 0 fully saturated rings. The quantitative estimate of drug-likeness (QED) is 0.777. The Labute approximate surface area is 114 Å². The van der Waals surface area contributed by atoms with Crippen molar-refractivity contribution >= 4 is 23.2 Å². The van der Waals surface area contributed by atoms with E-state index in [0.717, 1.165) is 30.6 Å². The zero-order valence-electron chi connectivity index (χ0n) is 11.2. The molecule has 0 aliphatic rings. The molecule has 0 bridgehead atoms. The van der Waals surface area contributed by atoms with Crippen molar-refractivity contribution in [3.63, 3.8) is 0 Å². The van der Waals surface area contributed by atoms with Gasteiger partial charge in [0.1, 0.15) is 6.04 Å². The molecule has 0 spiro atoms. The fourth-order valence-corrected chi connectivity index (χ4v) is 1.87. The highest BCUT2D eigenvalue weighted by molar-refractivity contribution is 6.33. The predicted octanol–water partition coefficient (Wildman–Crippen LogP) is 3.37. The Balaban J connectivity index is 2.53. The van der Waals surface area contributed by atoms with Crippen LogP contribution in [0.25, 0.3) is 0 Å². The van der Waals surface area contributed by atoms with Crippen LogP contribution in [0.1, 0.15) is 32.3 Å². The summed E-state index contributed by atoms with van der Waals surface area (Å²) in [6.07, 6.45) is 2.08. The summed E-state index contributed by atoms with van der Waals surface area (Å²) in [6, 6.07) is 5.46. The number of carbonyl (C=O) groups is 1. The van der Waals surface area contributed by atoms with Crippen LogP contribution in [-0.2, 0) is 4.79 Å². The molecule has 0 aromatic heterocycles. The number of carbonyl (C=O) groups excluding carboxylic acids is 1. The van der Waals surface area contributed by atoms with Gasteiger partial charge in [-0.15, -0.1) is 0 Å². The minimum atomic E-state index is -0.290. The molecular weight excluding hydrogens is 248 g/mol. The van der Waals surface area contributed by atoms with E-state index in [4.69, 9.17) is 11.6 Å². The first-order valence-electron chi connectivity index (χ1n) is 6.35. The number of hydrogen-bond donors (Lipinski definition) is 2. The van der Waals surface area contributed by atoms with Crippen LogP contribution < -0.4 is 10.6 Å². The minimum absolute atomic E-state index is 0.0000849. The van der Waals surface area contributed by atoms with E-state index in [1.807, 2.05) is 32.0 Å². The Hall–Kier alpha value is -1.22. The highest BCUT2D eigenvalue weighted by Crippen LogP contribution is 2.23. The first-order chi connectivity index (χ1) is 8.54. The van der Waals surface area contributed by atoms with E-state index >= 15 is 0 Å². The number of aryl methyl sites for hydroxylation is 1. The van der Waals surface area contributed by atoms with Gasteiger partial charge in [0, 0.05) is 6.54 Å². The SMILES string of the molecule is CCCCNC(=O)C(C)Nc1ccc(C)cc1Cl. The molecule has 0 heterocycles. The molecule has 0 saturated carbocycles. The van der Waals surface area contributed by atoms with Gasteiger partial charge in [0.15, 0.2) is 0 Å². The van der Waals surface area contributed by atoms with Crippen molar-refractivity contribution in [1.29, 1.82) is 0 Å². The molecule has 3 nitrogen and oxygen atoms in total. The summed E-state index contributed by atoms with van der Waals surface area (Å²) < 4.78 is 0. The predicted molar refractivity (Wildman–Crippen MR) is 77.2 cm³/mol. The van der Waals surface area contributed by atoms with Gasteiger partial charge >= 0.3 is 0 Å². The molecule has 1 amide bonds. The maximum absolute atomic E-state index is 11.8. The smallest absolute Gasteiger partial charge is 0.242 e. The molecule has 1 aromatic carbocycles. The molecule has 4 heteroatoms. The van der Waals surface area contributed by atoms with Crippen molar-refractivity contribution < 1.29 is 4.79 Å². The van der Waals surface area contributed by atoms with Crippen molar-refractivity contribution in [3.8, 4) is 0 Å². The van der Waals surface area contributed by atoms with E-state index in [1.165, 1.54) is 0 Å². The lowest BCUT2D eigenvalue weighted by Gasteiger charge is -2.16. The molecule has 1 unspecified atom stereocenters. The lowest BCUT2D eigenvalue weighted by Crippen LogP contribution is -2.38. The summed E-state index contributed by atoms with van der Waals surface area (Å²) in [5.74, 6) is 0.0000849. The average Bonchev–Trinajstić information content (AvgIpc) is 2.32. The lowest BCUT2D eigenvalue weighted by molar-refractivity contribution is -0.121. The Morgan fingerprint density at radius 1 is 1.44 bits per heavy atom. The van der Waals surface area contributed by atoms with Gasteiger partial charge in [-0.3, -0.25) is 4.79 Å². The minimum Gasteiger partial charge on any atom is -0.373 e. The van der Waals surface area contributed by atoms with Crippen molar-refractivity contribution in [2.75, 3.05) is 11.9 Å². The molecule has 0 aliphatic heterocycles. The molecule has 2 N–H and O–H groups in total. The summed E-state index contributed by atoms with van der Waals surface area (Å²) in [7, 11) is 0. The summed E-state index contributed by atoms with van der Waals surface area (Å²) in [4.78, 5) is 11.8. The van der Waals surface area contributed by atoms with Crippen LogP contribution in [0.2, 0.25) is 5.02 Å². The Kier molecular flexibility index (Phi) is 5.99. The molecular formula is C14H21ClN2O. The molecule has 1 rings (SSSR count). The van der Waals surface area contributed by atoms with Crippen molar-refractivity contribution in [2.24, 2.45) is 0 Å². The van der Waals surface area contributed by atoms with Gasteiger partial charge in [-0.25, -0.2) is 0 Å². The van der Waals surface area contributed by atoms with Gasteiger partial charge in [0.05, 0.1) is 10.7 Å². The van der Waals surface area contributed by atoms with Gasteiger partial charge in [-0.1, -0.05) is 31.0 Å². The fraction of sp³-hybridized carbons (Fsp3) is 0.500. The zero-order chi connectivity index (χ0) is 13.5. The third-order valence-electron chi connectivity index (χ3n) is 2.72. The fourth-order valence-electron chi connectivity index (χ4n) is 1.58. The molecule has 0 aliphatic carbocycles. The second kappa shape index (κ2) is 7.27. The maximum Gasteiger partial charge on any atom is 0.242 e. The second-order valence-electron chi connectivity index (χ2n) is 4.49. The Morgan fingerprint density at radius 3 is 2.78 bits per heavy atom. The largest absolute Gasteiger partial charge is 0.373 e. The third kappa shape index (κ3) is 4.57. The topological polar surface area (TPSA) is 41.1 Å². The summed E-state index contributed by atoms with van der Waals surface area (Å²) in [5.41, 5.74) is 1.89. The molecule has 1 aromatic rings. The molecule has 1 atom stereocenters. The van der Waals surface area contributed by atoms with Crippen LogP contribution in [0.15, 0.2) is 18.2 Å². The average molecular weight is 269 g/mol. The van der Waals surface area contributed by atoms with Crippen molar-refractivity contribution in [3.05, 3.63) is 28.8 Å². The van der Waals surface area contributed by atoms with Crippen LogP contribution in [0.4, 0.5) is 5.69 Å². The summed E-state index contributed by atoms with van der Waals surface area (Å²) in [5, 5.41) is 6.65. The van der Waals surface area contributed by atoms with E-state index in [0.29, 0.717) is 5.02 Å². The number of anilines is 1. The second-order valence-corrected chi connectivity index (χ2v) is 4.90. The highest BCUT2D eigenvalue weighted by atomic mass is 35.5. The maximum atomic E-state index is 11.8. The van der Waals surface area contributed by atoms with Crippen LogP contribution >= 0.6 is 11.6 Å². The van der Waals surface area contributed by atoms with Crippen LogP contribution in [0.5, 0.6) is 0 Å². The van der Waals surface area contributed by atoms with Gasteiger partial charge < -0.3 is 10.6 Å². The van der Waals surface area contributed by atoms with Crippen LogP contribution in [0.3, 0.4) is 0 Å². The number of benzene rings is 1. The van der Waals surface area contributed by atoms with Crippen molar-refractivity contribution in [2.45, 2.75) is 39.7 Å². The number of nitrogens with one attached hydrogen (secondary N) is 2. The van der Waals surface area contributed by atoms with E-state index in [2.05, 4.69) is 17.6 Å². The highest BCUT2D eigenvalue weighted by Gasteiger charge is 2.13. The third-order valence-corrected chi connectivity index (χ3v) is 3.03. The van der Waals surface area contributed by atoms with Gasteiger partial charge in [-0.05, 0) is 38.0 Å². The van der Waals surface area contributed by atoms with E-state index in [-0.39, 0.29) is 11.9 Å². The number of unbranched alkanes of at least 4 members (excludes halogenated alkanes) is 1. The monoisotopic (exact) mass is 268 g/mol. The van der Waals surface area contributed by atoms with E-state index in [9.17, 15) is 4.79 Å². The number of amides is 1. The normalized spacial score (nSPS) is 12.0. The number of rotatable bonds is 6. The first-order valence-corrected chi connectivity index (χ1v) is 6.72. The number of hydrogen-bond acceptors (Lipinski definition) is 2. The summed E-state index contributed by atoms with van der Waals surface area (Å²) in [6.45, 7) is 6.64. The first kappa shape index (κ1) is 14.8. The zero-order valence-corrected chi connectivity index (χ0v) is 12.0. The standard InChI is InChI=1S/C14H21ClN2O/c1-4-5-8-16-14(18)11(3)17-13-7-6-10(2)9-12(13)15/h6-7,9,11,17H,4-5,8H2,1-3H3,(H,16,18). The molecule has 0 radical (unpaired) electrons. The molecule has 0 saturated heterocycles. The van der Waals surface area contributed by atoms with E-state index < -0.39 is 0 Å². The van der Waals surface area contributed by atoms with Gasteiger partial charge in [0.2, 0.25) is 5.91 Å². The van der Waals surface area contributed by atoms with Crippen LogP contribution in [0, 0.1) is 6.92 Å². The van der Waals surface area contributed by atoms with Crippen molar-refractivity contribution in [1.82, 2.24) is 5.32 Å².